The highest BCUT2D eigenvalue weighted by molar-refractivity contribution is 5.12. The lowest BCUT2D eigenvalue weighted by Gasteiger charge is -2.46. The first-order valence-electron chi connectivity index (χ1n) is 8.69. The van der Waals surface area contributed by atoms with Gasteiger partial charge in [0.2, 0.25) is 0 Å². The van der Waals surface area contributed by atoms with Gasteiger partial charge in [-0.2, -0.15) is 0 Å². The Hall–Kier alpha value is -0.220. The second-order valence-corrected chi connectivity index (χ2v) is 6.93. The Morgan fingerprint density at radius 2 is 1.62 bits per heavy atom. The zero-order chi connectivity index (χ0) is 15.6. The van der Waals surface area contributed by atoms with Crippen molar-refractivity contribution in [2.75, 3.05) is 32.8 Å². The van der Waals surface area contributed by atoms with Gasteiger partial charge < -0.3 is 9.64 Å². The fraction of sp³-hybridized carbons (Fsp3) is 1.00. The van der Waals surface area contributed by atoms with Gasteiger partial charge in [-0.05, 0) is 45.7 Å². The fourth-order valence-corrected chi connectivity index (χ4v) is 3.88. The summed E-state index contributed by atoms with van der Waals surface area (Å²) in [6.45, 7) is 10.4. The SMILES string of the molecule is CC.CCOCC1(CN2CCC3(CC2)CC3(F)F)CCC1. The largest absolute Gasteiger partial charge is 0.381 e. The predicted octanol–water partition coefficient (Wildman–Crippen LogP) is 4.34. The van der Waals surface area contributed by atoms with Crippen LogP contribution in [0.3, 0.4) is 0 Å². The molecule has 0 aromatic rings. The molecule has 0 N–H and O–H groups in total. The molecule has 4 heteroatoms. The summed E-state index contributed by atoms with van der Waals surface area (Å²) >= 11 is 0. The van der Waals surface area contributed by atoms with Crippen LogP contribution in [0, 0.1) is 10.8 Å². The smallest absolute Gasteiger partial charge is 0.254 e. The van der Waals surface area contributed by atoms with E-state index in [1.807, 2.05) is 20.8 Å². The second-order valence-electron chi connectivity index (χ2n) is 6.93. The van der Waals surface area contributed by atoms with Gasteiger partial charge in [-0.15, -0.1) is 0 Å². The number of hydrogen-bond donors (Lipinski definition) is 0. The minimum absolute atomic E-state index is 0.137. The Bertz CT molecular complexity index is 334. The van der Waals surface area contributed by atoms with E-state index in [4.69, 9.17) is 4.74 Å². The molecule has 0 amide bonds. The van der Waals surface area contributed by atoms with E-state index in [9.17, 15) is 8.78 Å². The number of halogens is 2. The van der Waals surface area contributed by atoms with Gasteiger partial charge in [0.05, 0.1) is 6.61 Å². The summed E-state index contributed by atoms with van der Waals surface area (Å²) in [6, 6.07) is 0. The molecule has 2 nitrogen and oxygen atoms in total. The molecule has 1 spiro atoms. The number of hydrogen-bond acceptors (Lipinski definition) is 2. The molecule has 1 aliphatic heterocycles. The van der Waals surface area contributed by atoms with Gasteiger partial charge in [-0.1, -0.05) is 20.3 Å². The van der Waals surface area contributed by atoms with Gasteiger partial charge in [-0.25, -0.2) is 8.78 Å². The van der Waals surface area contributed by atoms with Crippen LogP contribution in [-0.2, 0) is 4.74 Å². The minimum atomic E-state index is -2.36. The molecule has 3 aliphatic rings. The van der Waals surface area contributed by atoms with Crippen molar-refractivity contribution in [2.24, 2.45) is 10.8 Å². The standard InChI is InChI=1S/C15H25F2NO.C2H6/c1-2-19-12-13(4-3-5-13)11-18-8-6-14(7-9-18)10-15(14,16)17;1-2/h2-12H2,1H3;1-2H3. The van der Waals surface area contributed by atoms with Crippen molar-refractivity contribution < 1.29 is 13.5 Å². The van der Waals surface area contributed by atoms with Gasteiger partial charge in [0.15, 0.2) is 0 Å². The molecule has 0 aromatic carbocycles. The van der Waals surface area contributed by atoms with Crippen molar-refractivity contribution in [3.05, 3.63) is 0 Å². The molecule has 1 saturated heterocycles. The highest BCUT2D eigenvalue weighted by Crippen LogP contribution is 2.65. The lowest BCUT2D eigenvalue weighted by atomic mass is 9.68. The van der Waals surface area contributed by atoms with Crippen LogP contribution in [0.25, 0.3) is 0 Å². The minimum Gasteiger partial charge on any atom is -0.381 e. The van der Waals surface area contributed by atoms with Crippen LogP contribution in [0.4, 0.5) is 8.78 Å². The first-order valence-corrected chi connectivity index (χ1v) is 8.69. The molecule has 124 valence electrons. The van der Waals surface area contributed by atoms with Crippen molar-refractivity contribution in [1.82, 2.24) is 4.90 Å². The number of piperidine rings is 1. The third-order valence-electron chi connectivity index (χ3n) is 5.61. The van der Waals surface area contributed by atoms with Gasteiger partial charge in [-0.3, -0.25) is 0 Å². The van der Waals surface area contributed by atoms with E-state index in [2.05, 4.69) is 4.90 Å². The number of rotatable bonds is 5. The van der Waals surface area contributed by atoms with Crippen molar-refractivity contribution in [3.63, 3.8) is 0 Å². The van der Waals surface area contributed by atoms with Crippen LogP contribution >= 0.6 is 0 Å². The Balaban J connectivity index is 0.000000774. The Labute approximate surface area is 128 Å². The van der Waals surface area contributed by atoms with Crippen LogP contribution < -0.4 is 0 Å². The topological polar surface area (TPSA) is 12.5 Å². The third kappa shape index (κ3) is 3.42. The van der Waals surface area contributed by atoms with Gasteiger partial charge in [0.1, 0.15) is 0 Å². The summed E-state index contributed by atoms with van der Waals surface area (Å²) in [5, 5.41) is 0. The van der Waals surface area contributed by atoms with Crippen molar-refractivity contribution >= 4 is 0 Å². The first-order chi connectivity index (χ1) is 10.0. The van der Waals surface area contributed by atoms with Gasteiger partial charge >= 0.3 is 0 Å². The average Bonchev–Trinajstić information content (AvgIpc) is 2.98. The van der Waals surface area contributed by atoms with Gasteiger partial charge in [0.25, 0.3) is 5.92 Å². The van der Waals surface area contributed by atoms with Crippen LogP contribution in [0.5, 0.6) is 0 Å². The molecule has 1 heterocycles. The van der Waals surface area contributed by atoms with E-state index in [0.717, 1.165) is 32.8 Å². The number of ether oxygens (including phenoxy) is 1. The number of alkyl halides is 2. The van der Waals surface area contributed by atoms with Gasteiger partial charge in [0, 0.05) is 30.4 Å². The van der Waals surface area contributed by atoms with Crippen molar-refractivity contribution in [2.45, 2.75) is 65.2 Å². The Morgan fingerprint density at radius 3 is 2.00 bits per heavy atom. The lowest BCUT2D eigenvalue weighted by molar-refractivity contribution is -0.0391. The zero-order valence-corrected chi connectivity index (χ0v) is 13.9. The second kappa shape index (κ2) is 6.49. The highest BCUT2D eigenvalue weighted by atomic mass is 19.3. The van der Waals surface area contributed by atoms with Crippen LogP contribution in [0.1, 0.15) is 59.3 Å². The maximum atomic E-state index is 13.3. The Kier molecular flexibility index (Phi) is 5.30. The summed E-state index contributed by atoms with van der Waals surface area (Å²) in [5.41, 5.74) is -0.289. The molecule has 2 saturated carbocycles. The Morgan fingerprint density at radius 1 is 1.05 bits per heavy atom. The molecule has 2 aliphatic carbocycles. The normalized spacial score (nSPS) is 28.4. The molecule has 3 fully saturated rings. The maximum Gasteiger partial charge on any atom is 0.254 e. The lowest BCUT2D eigenvalue weighted by Crippen LogP contribution is -2.48. The fourth-order valence-electron chi connectivity index (χ4n) is 3.88. The summed E-state index contributed by atoms with van der Waals surface area (Å²) in [5.74, 6) is -2.36. The van der Waals surface area contributed by atoms with E-state index in [1.54, 1.807) is 0 Å². The quantitative estimate of drug-likeness (QED) is 0.749. The predicted molar refractivity (Wildman–Crippen MR) is 81.8 cm³/mol. The van der Waals surface area contributed by atoms with Crippen molar-refractivity contribution in [1.29, 1.82) is 0 Å². The van der Waals surface area contributed by atoms with E-state index in [0.29, 0.717) is 18.3 Å². The van der Waals surface area contributed by atoms with Crippen LogP contribution in [-0.4, -0.2) is 43.7 Å². The molecule has 0 radical (unpaired) electrons. The summed E-state index contributed by atoms with van der Waals surface area (Å²) < 4.78 is 32.3. The molecule has 3 rings (SSSR count). The molecular formula is C17H31F2NO. The van der Waals surface area contributed by atoms with Crippen LogP contribution in [0.2, 0.25) is 0 Å². The molecular weight excluding hydrogens is 272 g/mol. The summed E-state index contributed by atoms with van der Waals surface area (Å²) in [6.07, 6.45) is 5.28. The number of nitrogens with zero attached hydrogens (tertiary/aromatic N) is 1. The molecule has 21 heavy (non-hydrogen) atoms. The average molecular weight is 303 g/mol. The summed E-state index contributed by atoms with van der Waals surface area (Å²) in [7, 11) is 0. The summed E-state index contributed by atoms with van der Waals surface area (Å²) in [4.78, 5) is 2.40. The monoisotopic (exact) mass is 303 g/mol. The van der Waals surface area contributed by atoms with E-state index >= 15 is 0 Å². The molecule has 0 aromatic heterocycles. The molecule has 0 atom stereocenters. The molecule has 0 bridgehead atoms. The zero-order valence-electron chi connectivity index (χ0n) is 13.9. The maximum absolute atomic E-state index is 13.3. The third-order valence-corrected chi connectivity index (χ3v) is 5.61. The van der Waals surface area contributed by atoms with Crippen LogP contribution in [0.15, 0.2) is 0 Å². The van der Waals surface area contributed by atoms with E-state index in [-0.39, 0.29) is 6.42 Å². The first kappa shape index (κ1) is 17.1. The van der Waals surface area contributed by atoms with E-state index < -0.39 is 11.3 Å². The van der Waals surface area contributed by atoms with Crippen molar-refractivity contribution in [3.8, 4) is 0 Å². The van der Waals surface area contributed by atoms with E-state index in [1.165, 1.54) is 19.3 Å². The highest BCUT2D eigenvalue weighted by Gasteiger charge is 2.70. The molecule has 0 unspecified atom stereocenters. The number of likely N-dealkylation sites (tertiary alicyclic amines) is 1.